The van der Waals surface area contributed by atoms with E-state index >= 15 is 0 Å². The fourth-order valence-corrected chi connectivity index (χ4v) is 3.46. The Labute approximate surface area is 185 Å². The minimum atomic E-state index is -4.84. The van der Waals surface area contributed by atoms with Gasteiger partial charge in [0.15, 0.2) is 0 Å². The van der Waals surface area contributed by atoms with E-state index < -0.39 is 40.0 Å². The van der Waals surface area contributed by atoms with E-state index in [2.05, 4.69) is 0 Å². The summed E-state index contributed by atoms with van der Waals surface area (Å²) in [5, 5.41) is -0.404. The maximum absolute atomic E-state index is 13.6. The lowest BCUT2D eigenvalue weighted by Gasteiger charge is -2.13. The summed E-state index contributed by atoms with van der Waals surface area (Å²) in [6.45, 7) is 3.33. The average Bonchev–Trinajstić information content (AvgIpc) is 3.12. The van der Waals surface area contributed by atoms with Crippen molar-refractivity contribution in [1.29, 1.82) is 0 Å². The molecule has 0 aliphatic rings. The van der Waals surface area contributed by atoms with Crippen LogP contribution in [0.2, 0.25) is 5.02 Å². The number of nitrogens with zero attached hydrogens (tertiary/aromatic N) is 1. The van der Waals surface area contributed by atoms with Crippen LogP contribution in [0.1, 0.15) is 56.2 Å². The molecule has 10 heteroatoms. The number of hydrogen-bond acceptors (Lipinski definition) is 5. The molecule has 3 rings (SSSR count). The van der Waals surface area contributed by atoms with E-state index in [1.54, 1.807) is 13.8 Å². The molecule has 168 valence electrons. The number of ether oxygens (including phenoxy) is 2. The number of hydrogen-bond donors (Lipinski definition) is 0. The van der Waals surface area contributed by atoms with E-state index in [1.165, 1.54) is 18.3 Å². The number of esters is 2. The van der Waals surface area contributed by atoms with Crippen molar-refractivity contribution in [3.05, 3.63) is 75.6 Å². The maximum atomic E-state index is 13.6. The molecule has 0 aliphatic carbocycles. The summed E-state index contributed by atoms with van der Waals surface area (Å²) < 4.78 is 51.7. The Morgan fingerprint density at radius 3 is 2.28 bits per heavy atom. The van der Waals surface area contributed by atoms with E-state index in [-0.39, 0.29) is 35.6 Å². The van der Waals surface area contributed by atoms with Crippen LogP contribution < -0.4 is 0 Å². The molecule has 1 aromatic carbocycles. The Balaban J connectivity index is 2.28. The molecule has 2 heterocycles. The number of pyridine rings is 1. The molecule has 0 saturated carbocycles. The Hall–Kier alpha value is -3.33. The largest absolute Gasteiger partial charge is 0.462 e. The molecule has 0 atom stereocenters. The van der Waals surface area contributed by atoms with Gasteiger partial charge in [0, 0.05) is 6.20 Å². The Bertz CT molecular complexity index is 1220. The molecule has 0 N–H and O–H groups in total. The minimum Gasteiger partial charge on any atom is -0.462 e. The van der Waals surface area contributed by atoms with Crippen molar-refractivity contribution in [2.75, 3.05) is 13.2 Å². The second-order valence-electron chi connectivity index (χ2n) is 6.55. The normalized spacial score (nSPS) is 11.4. The first kappa shape index (κ1) is 23.3. The van der Waals surface area contributed by atoms with E-state index in [1.807, 2.05) is 0 Å². The molecule has 0 aliphatic heterocycles. The number of carbonyl (C=O) groups excluding carboxylic acids is 3. The van der Waals surface area contributed by atoms with Gasteiger partial charge in [-0.25, -0.2) is 9.59 Å². The van der Waals surface area contributed by atoms with Gasteiger partial charge in [-0.05, 0) is 44.2 Å². The van der Waals surface area contributed by atoms with Crippen molar-refractivity contribution < 1.29 is 37.0 Å². The van der Waals surface area contributed by atoms with Crippen LogP contribution in [0.15, 0.2) is 42.6 Å². The zero-order chi connectivity index (χ0) is 23.6. The number of alkyl halides is 3. The first-order valence-corrected chi connectivity index (χ1v) is 9.87. The topological polar surface area (TPSA) is 74.1 Å². The van der Waals surface area contributed by atoms with Gasteiger partial charge < -0.3 is 13.9 Å². The summed E-state index contributed by atoms with van der Waals surface area (Å²) in [4.78, 5) is 37.8. The van der Waals surface area contributed by atoms with Crippen LogP contribution >= 0.6 is 11.6 Å². The van der Waals surface area contributed by atoms with Gasteiger partial charge in [-0.3, -0.25) is 4.79 Å². The summed E-state index contributed by atoms with van der Waals surface area (Å²) in [6, 6.07) is 6.87. The summed E-state index contributed by atoms with van der Waals surface area (Å²) in [7, 11) is 0. The fourth-order valence-electron chi connectivity index (χ4n) is 3.20. The third-order valence-corrected chi connectivity index (χ3v) is 4.87. The van der Waals surface area contributed by atoms with Gasteiger partial charge in [0.05, 0.1) is 51.7 Å². The number of halogens is 4. The van der Waals surface area contributed by atoms with Crippen molar-refractivity contribution in [2.45, 2.75) is 20.0 Å². The number of ketones is 1. The van der Waals surface area contributed by atoms with Crippen LogP contribution in [0.25, 0.3) is 5.52 Å². The molecule has 0 unspecified atom stereocenters. The predicted octanol–water partition coefficient (Wildman–Crippen LogP) is 5.20. The van der Waals surface area contributed by atoms with Crippen LogP contribution in [-0.2, 0) is 15.7 Å². The third-order valence-electron chi connectivity index (χ3n) is 4.55. The lowest BCUT2D eigenvalue weighted by Crippen LogP contribution is -2.16. The van der Waals surface area contributed by atoms with E-state index in [0.29, 0.717) is 0 Å². The minimum absolute atomic E-state index is 0.0367. The highest BCUT2D eigenvalue weighted by molar-refractivity contribution is 6.35. The highest BCUT2D eigenvalue weighted by atomic mass is 35.5. The van der Waals surface area contributed by atoms with Crippen molar-refractivity contribution in [3.8, 4) is 0 Å². The van der Waals surface area contributed by atoms with Gasteiger partial charge in [0.1, 0.15) is 0 Å². The quantitative estimate of drug-likeness (QED) is 0.368. The lowest BCUT2D eigenvalue weighted by atomic mass is 10.0. The molecule has 0 saturated heterocycles. The maximum Gasteiger partial charge on any atom is 0.417 e. The van der Waals surface area contributed by atoms with Crippen molar-refractivity contribution in [2.24, 2.45) is 0 Å². The van der Waals surface area contributed by atoms with Gasteiger partial charge in [-0.15, -0.1) is 0 Å². The number of rotatable bonds is 6. The lowest BCUT2D eigenvalue weighted by molar-refractivity contribution is -0.137. The number of benzene rings is 1. The smallest absolute Gasteiger partial charge is 0.417 e. The van der Waals surface area contributed by atoms with Gasteiger partial charge in [-0.2, -0.15) is 13.2 Å². The molecule has 0 amide bonds. The first-order chi connectivity index (χ1) is 15.1. The van der Waals surface area contributed by atoms with Gasteiger partial charge in [0.2, 0.25) is 5.78 Å². The van der Waals surface area contributed by atoms with Gasteiger partial charge >= 0.3 is 18.1 Å². The average molecular weight is 468 g/mol. The highest BCUT2D eigenvalue weighted by Gasteiger charge is 2.37. The van der Waals surface area contributed by atoms with Crippen molar-refractivity contribution >= 4 is 34.8 Å². The summed E-state index contributed by atoms with van der Waals surface area (Å²) in [5.74, 6) is -2.55. The summed E-state index contributed by atoms with van der Waals surface area (Å²) in [6.07, 6.45) is -3.63. The second-order valence-corrected chi connectivity index (χ2v) is 6.95. The van der Waals surface area contributed by atoms with Crippen LogP contribution in [0.3, 0.4) is 0 Å². The molecule has 0 radical (unpaired) electrons. The van der Waals surface area contributed by atoms with Crippen LogP contribution in [0, 0.1) is 0 Å². The molecule has 0 bridgehead atoms. The molecule has 3 aromatic rings. The van der Waals surface area contributed by atoms with Crippen LogP contribution in [0.4, 0.5) is 13.2 Å². The molecule has 0 spiro atoms. The second kappa shape index (κ2) is 9.04. The summed E-state index contributed by atoms with van der Waals surface area (Å²) >= 11 is 5.98. The standard InChI is InChI=1S/C22H17ClF3NO5/c1-3-31-20(29)12-8-9-16-13(21(30)32-4-2)10-17(27(16)11-12)19(28)18-14(22(24,25)26)6-5-7-15(18)23/h5-11H,3-4H2,1-2H3. The van der Waals surface area contributed by atoms with Gasteiger partial charge in [-0.1, -0.05) is 17.7 Å². The monoisotopic (exact) mass is 467 g/mol. The van der Waals surface area contributed by atoms with E-state index in [0.717, 1.165) is 28.7 Å². The molecular weight excluding hydrogens is 451 g/mol. The number of carbonyl (C=O) groups is 3. The molecule has 2 aromatic heterocycles. The molecule has 6 nitrogen and oxygen atoms in total. The highest BCUT2D eigenvalue weighted by Crippen LogP contribution is 2.36. The zero-order valence-corrected chi connectivity index (χ0v) is 17.7. The Morgan fingerprint density at radius 2 is 1.66 bits per heavy atom. The predicted molar refractivity (Wildman–Crippen MR) is 109 cm³/mol. The number of aromatic nitrogens is 1. The SMILES string of the molecule is CCOC(=O)c1ccc2c(C(=O)OCC)cc(C(=O)c3c(Cl)cccc3C(F)(F)F)n2c1. The van der Waals surface area contributed by atoms with Crippen molar-refractivity contribution in [1.82, 2.24) is 4.40 Å². The third kappa shape index (κ3) is 4.34. The van der Waals surface area contributed by atoms with E-state index in [9.17, 15) is 27.6 Å². The van der Waals surface area contributed by atoms with Gasteiger partial charge in [0.25, 0.3) is 0 Å². The molecule has 32 heavy (non-hydrogen) atoms. The van der Waals surface area contributed by atoms with Crippen molar-refractivity contribution in [3.63, 3.8) is 0 Å². The summed E-state index contributed by atoms with van der Waals surface area (Å²) in [5.41, 5.74) is -2.13. The number of fused-ring (bicyclic) bond motifs is 1. The van der Waals surface area contributed by atoms with E-state index in [4.69, 9.17) is 21.1 Å². The molecular formula is C22H17ClF3NO5. The zero-order valence-electron chi connectivity index (χ0n) is 17.0. The Kier molecular flexibility index (Phi) is 6.59. The first-order valence-electron chi connectivity index (χ1n) is 9.49. The molecule has 0 fully saturated rings. The Morgan fingerprint density at radius 1 is 1.00 bits per heavy atom. The van der Waals surface area contributed by atoms with Crippen LogP contribution in [-0.4, -0.2) is 35.3 Å². The van der Waals surface area contributed by atoms with Crippen LogP contribution in [0.5, 0.6) is 0 Å². The fraction of sp³-hybridized carbons (Fsp3) is 0.227.